The van der Waals surface area contributed by atoms with E-state index in [1.807, 2.05) is 24.3 Å². The monoisotopic (exact) mass is 267 g/mol. The lowest BCUT2D eigenvalue weighted by atomic mass is 9.97. The number of aromatic nitrogens is 1. The standard InChI is InChI=1S/C16H17N3O/c1-19(13-5-4-8-17-11-13)16(20)9-12-10-18-15-7-3-2-6-14(12)15/h2-8,11-12,18H,9-10H2,1H3. The van der Waals surface area contributed by atoms with Crippen LogP contribution in [0.2, 0.25) is 0 Å². The zero-order valence-corrected chi connectivity index (χ0v) is 11.4. The molecule has 0 fully saturated rings. The van der Waals surface area contributed by atoms with Gasteiger partial charge in [0, 0.05) is 37.8 Å². The Morgan fingerprint density at radius 3 is 3.00 bits per heavy atom. The van der Waals surface area contributed by atoms with Gasteiger partial charge in [0.1, 0.15) is 0 Å². The van der Waals surface area contributed by atoms with Crippen molar-refractivity contribution in [3.05, 3.63) is 54.4 Å². The molecule has 0 aliphatic carbocycles. The van der Waals surface area contributed by atoms with Crippen LogP contribution < -0.4 is 10.2 Å². The van der Waals surface area contributed by atoms with Crippen molar-refractivity contribution in [2.75, 3.05) is 23.8 Å². The third-order valence-corrected chi connectivity index (χ3v) is 3.77. The van der Waals surface area contributed by atoms with Gasteiger partial charge >= 0.3 is 0 Å². The third-order valence-electron chi connectivity index (χ3n) is 3.77. The van der Waals surface area contributed by atoms with Crippen LogP contribution in [-0.2, 0) is 4.79 Å². The molecule has 1 aliphatic rings. The number of pyridine rings is 1. The van der Waals surface area contributed by atoms with Crippen molar-refractivity contribution in [3.63, 3.8) is 0 Å². The molecule has 4 heteroatoms. The average molecular weight is 267 g/mol. The van der Waals surface area contributed by atoms with E-state index in [9.17, 15) is 4.79 Å². The van der Waals surface area contributed by atoms with Crippen molar-refractivity contribution in [2.24, 2.45) is 0 Å². The van der Waals surface area contributed by atoms with E-state index in [2.05, 4.69) is 22.4 Å². The zero-order chi connectivity index (χ0) is 13.9. The Bertz CT molecular complexity index is 612. The molecule has 20 heavy (non-hydrogen) atoms. The maximum Gasteiger partial charge on any atom is 0.227 e. The van der Waals surface area contributed by atoms with Crippen LogP contribution >= 0.6 is 0 Å². The van der Waals surface area contributed by atoms with Gasteiger partial charge in [0.2, 0.25) is 5.91 Å². The maximum atomic E-state index is 12.4. The van der Waals surface area contributed by atoms with E-state index in [1.54, 1.807) is 24.3 Å². The van der Waals surface area contributed by atoms with Crippen LogP contribution in [0.4, 0.5) is 11.4 Å². The first kappa shape index (κ1) is 12.7. The van der Waals surface area contributed by atoms with Crippen molar-refractivity contribution in [3.8, 4) is 0 Å². The number of benzene rings is 1. The molecule has 1 atom stereocenters. The fraction of sp³-hybridized carbons (Fsp3) is 0.250. The van der Waals surface area contributed by atoms with E-state index in [0.717, 1.165) is 17.9 Å². The summed E-state index contributed by atoms with van der Waals surface area (Å²) < 4.78 is 0. The van der Waals surface area contributed by atoms with Crippen LogP contribution in [0.1, 0.15) is 17.9 Å². The number of carbonyl (C=O) groups excluding carboxylic acids is 1. The van der Waals surface area contributed by atoms with E-state index in [-0.39, 0.29) is 11.8 Å². The van der Waals surface area contributed by atoms with Gasteiger partial charge in [-0.05, 0) is 23.8 Å². The Morgan fingerprint density at radius 2 is 2.20 bits per heavy atom. The highest BCUT2D eigenvalue weighted by atomic mass is 16.2. The molecule has 0 saturated carbocycles. The lowest BCUT2D eigenvalue weighted by Crippen LogP contribution is -2.28. The number of hydrogen-bond donors (Lipinski definition) is 1. The summed E-state index contributed by atoms with van der Waals surface area (Å²) in [7, 11) is 1.80. The number of amides is 1. The Morgan fingerprint density at radius 1 is 1.35 bits per heavy atom. The fourth-order valence-corrected chi connectivity index (χ4v) is 2.58. The Kier molecular flexibility index (Phi) is 3.37. The average Bonchev–Trinajstić information content (AvgIpc) is 2.91. The summed E-state index contributed by atoms with van der Waals surface area (Å²) in [5.74, 6) is 0.360. The van der Waals surface area contributed by atoms with Crippen molar-refractivity contribution in [1.29, 1.82) is 0 Å². The highest BCUT2D eigenvalue weighted by Gasteiger charge is 2.25. The lowest BCUT2D eigenvalue weighted by molar-refractivity contribution is -0.118. The van der Waals surface area contributed by atoms with Gasteiger partial charge in [0.05, 0.1) is 11.9 Å². The molecule has 0 bridgehead atoms. The molecule has 1 aromatic carbocycles. The van der Waals surface area contributed by atoms with Crippen LogP contribution in [0.15, 0.2) is 48.8 Å². The van der Waals surface area contributed by atoms with E-state index in [4.69, 9.17) is 0 Å². The molecule has 1 amide bonds. The van der Waals surface area contributed by atoms with Crippen molar-refractivity contribution in [2.45, 2.75) is 12.3 Å². The number of nitrogens with zero attached hydrogens (tertiary/aromatic N) is 2. The minimum Gasteiger partial charge on any atom is -0.384 e. The van der Waals surface area contributed by atoms with Gasteiger partial charge in [-0.25, -0.2) is 0 Å². The SMILES string of the molecule is CN(C(=O)CC1CNc2ccccc21)c1cccnc1. The van der Waals surface area contributed by atoms with Crippen LogP contribution in [0.25, 0.3) is 0 Å². The number of fused-ring (bicyclic) bond motifs is 1. The van der Waals surface area contributed by atoms with Gasteiger partial charge < -0.3 is 10.2 Å². The van der Waals surface area contributed by atoms with E-state index in [0.29, 0.717) is 6.42 Å². The van der Waals surface area contributed by atoms with E-state index >= 15 is 0 Å². The molecular formula is C16H17N3O. The van der Waals surface area contributed by atoms with Gasteiger partial charge in [-0.3, -0.25) is 9.78 Å². The van der Waals surface area contributed by atoms with Crippen LogP contribution in [0, 0.1) is 0 Å². The van der Waals surface area contributed by atoms with Crippen LogP contribution in [0.5, 0.6) is 0 Å². The minimum atomic E-state index is 0.113. The number of nitrogens with one attached hydrogen (secondary N) is 1. The quantitative estimate of drug-likeness (QED) is 0.930. The number of para-hydroxylation sites is 1. The molecule has 1 aliphatic heterocycles. The summed E-state index contributed by atoms with van der Waals surface area (Å²) in [5.41, 5.74) is 3.21. The molecule has 2 aromatic rings. The maximum absolute atomic E-state index is 12.4. The van der Waals surface area contributed by atoms with Crippen molar-refractivity contribution in [1.82, 2.24) is 4.98 Å². The van der Waals surface area contributed by atoms with Gasteiger partial charge in [-0.2, -0.15) is 0 Å². The molecule has 1 N–H and O–H groups in total. The summed E-state index contributed by atoms with van der Waals surface area (Å²) in [6.45, 7) is 0.825. The molecule has 0 saturated heterocycles. The number of hydrogen-bond acceptors (Lipinski definition) is 3. The Hall–Kier alpha value is -2.36. The second-order valence-electron chi connectivity index (χ2n) is 5.03. The molecule has 0 spiro atoms. The normalized spacial score (nSPS) is 16.4. The molecule has 0 radical (unpaired) electrons. The molecule has 4 nitrogen and oxygen atoms in total. The number of carbonyl (C=O) groups is 1. The van der Waals surface area contributed by atoms with E-state index in [1.165, 1.54) is 5.56 Å². The first-order valence-electron chi connectivity index (χ1n) is 6.75. The number of rotatable bonds is 3. The summed E-state index contributed by atoms with van der Waals surface area (Å²) in [6.07, 6.45) is 3.92. The smallest absolute Gasteiger partial charge is 0.227 e. The Labute approximate surface area is 118 Å². The fourth-order valence-electron chi connectivity index (χ4n) is 2.58. The summed E-state index contributed by atoms with van der Waals surface area (Å²) in [5, 5.41) is 3.35. The second kappa shape index (κ2) is 5.33. The molecule has 1 aromatic heterocycles. The lowest BCUT2D eigenvalue weighted by Gasteiger charge is -2.19. The highest BCUT2D eigenvalue weighted by molar-refractivity contribution is 5.93. The Balaban J connectivity index is 1.72. The predicted molar refractivity (Wildman–Crippen MR) is 79.9 cm³/mol. The van der Waals surface area contributed by atoms with Crippen molar-refractivity contribution < 1.29 is 4.79 Å². The predicted octanol–water partition coefficient (Wildman–Crippen LogP) is 2.64. The zero-order valence-electron chi connectivity index (χ0n) is 11.4. The molecule has 102 valence electrons. The third kappa shape index (κ3) is 2.37. The van der Waals surface area contributed by atoms with Gasteiger partial charge in [-0.15, -0.1) is 0 Å². The molecule has 3 rings (SSSR count). The summed E-state index contributed by atoms with van der Waals surface area (Å²) in [6, 6.07) is 11.9. The minimum absolute atomic E-state index is 0.113. The van der Waals surface area contributed by atoms with E-state index < -0.39 is 0 Å². The number of anilines is 2. The first-order chi connectivity index (χ1) is 9.75. The first-order valence-corrected chi connectivity index (χ1v) is 6.75. The summed E-state index contributed by atoms with van der Waals surface area (Å²) >= 11 is 0. The largest absolute Gasteiger partial charge is 0.384 e. The molecular weight excluding hydrogens is 250 g/mol. The second-order valence-corrected chi connectivity index (χ2v) is 5.03. The molecule has 1 unspecified atom stereocenters. The summed E-state index contributed by atoms with van der Waals surface area (Å²) in [4.78, 5) is 18.1. The van der Waals surface area contributed by atoms with Gasteiger partial charge in [0.15, 0.2) is 0 Å². The topological polar surface area (TPSA) is 45.2 Å². The van der Waals surface area contributed by atoms with Gasteiger partial charge in [0.25, 0.3) is 0 Å². The van der Waals surface area contributed by atoms with Crippen molar-refractivity contribution >= 4 is 17.3 Å². The highest BCUT2D eigenvalue weighted by Crippen LogP contribution is 2.33. The van der Waals surface area contributed by atoms with Crippen LogP contribution in [0.3, 0.4) is 0 Å². The van der Waals surface area contributed by atoms with Gasteiger partial charge in [-0.1, -0.05) is 18.2 Å². The molecule has 2 heterocycles. The van der Waals surface area contributed by atoms with Crippen LogP contribution in [-0.4, -0.2) is 24.5 Å².